The van der Waals surface area contributed by atoms with Crippen LogP contribution in [-0.2, 0) is 24.1 Å². The quantitative estimate of drug-likeness (QED) is 0.284. The van der Waals surface area contributed by atoms with Crippen molar-refractivity contribution in [3.8, 4) is 16.9 Å². The molecule has 0 unspecified atom stereocenters. The minimum Gasteiger partial charge on any atom is -0.352 e. The summed E-state index contributed by atoms with van der Waals surface area (Å²) in [6.45, 7) is 0.309. The lowest BCUT2D eigenvalue weighted by Crippen LogP contribution is -2.24. The van der Waals surface area contributed by atoms with Crippen molar-refractivity contribution >= 4 is 21.8 Å². The predicted molar refractivity (Wildman–Crippen MR) is 132 cm³/mol. The standard InChI is InChI=1S/C26H23BrF3N5O/c27-22-24(18-11-12-18)34(33-25(22)26(28,29)30)14-13-21(36)31-15-19-16-35(20-9-5-2-6-10-20)32-23(19)17-7-3-1-4-8-17/h1-10,16,18H,11-15H2,(H,31,36). The van der Waals surface area contributed by atoms with Gasteiger partial charge in [-0.25, -0.2) is 4.68 Å². The number of hydrogen-bond donors (Lipinski definition) is 1. The van der Waals surface area contributed by atoms with Crippen molar-refractivity contribution < 1.29 is 18.0 Å². The lowest BCUT2D eigenvalue weighted by atomic mass is 10.1. The SMILES string of the molecule is O=C(CCn1nc(C(F)(F)F)c(Br)c1C1CC1)NCc1cn(-c2ccccc2)nc1-c1ccccc1. The summed E-state index contributed by atoms with van der Waals surface area (Å²) >= 11 is 3.09. The molecule has 1 N–H and O–H groups in total. The van der Waals surface area contributed by atoms with Crippen LogP contribution < -0.4 is 5.32 Å². The number of para-hydroxylation sites is 1. The Labute approximate surface area is 214 Å². The van der Waals surface area contributed by atoms with Gasteiger partial charge in [-0.3, -0.25) is 9.48 Å². The van der Waals surface area contributed by atoms with Crippen molar-refractivity contribution in [3.63, 3.8) is 0 Å². The normalized spacial score (nSPS) is 13.7. The first kappa shape index (κ1) is 24.3. The molecule has 2 heterocycles. The number of halogens is 4. The van der Waals surface area contributed by atoms with E-state index in [4.69, 9.17) is 5.10 Å². The van der Waals surface area contributed by atoms with Crippen LogP contribution in [-0.4, -0.2) is 25.5 Å². The van der Waals surface area contributed by atoms with Crippen molar-refractivity contribution in [1.82, 2.24) is 24.9 Å². The van der Waals surface area contributed by atoms with E-state index in [-0.39, 0.29) is 35.8 Å². The molecule has 36 heavy (non-hydrogen) atoms. The first-order chi connectivity index (χ1) is 17.3. The molecule has 1 aliphatic carbocycles. The van der Waals surface area contributed by atoms with E-state index in [9.17, 15) is 18.0 Å². The second-order valence-corrected chi connectivity index (χ2v) is 9.51. The summed E-state index contributed by atoms with van der Waals surface area (Å²) < 4.78 is 43.1. The van der Waals surface area contributed by atoms with Crippen LogP contribution in [0.5, 0.6) is 0 Å². The van der Waals surface area contributed by atoms with Crippen molar-refractivity contribution in [1.29, 1.82) is 0 Å². The maximum atomic E-state index is 13.3. The number of aromatic nitrogens is 4. The topological polar surface area (TPSA) is 64.7 Å². The van der Waals surface area contributed by atoms with E-state index in [1.807, 2.05) is 66.9 Å². The van der Waals surface area contributed by atoms with Gasteiger partial charge in [0.15, 0.2) is 5.69 Å². The number of carbonyl (C=O) groups excluding carboxylic acids is 1. The summed E-state index contributed by atoms with van der Waals surface area (Å²) in [5.74, 6) is -0.230. The molecule has 2 aromatic carbocycles. The minimum absolute atomic E-state index is 0.0125. The molecular weight excluding hydrogens is 535 g/mol. The third kappa shape index (κ3) is 5.23. The Kier molecular flexibility index (Phi) is 6.70. The Morgan fingerprint density at radius 3 is 2.33 bits per heavy atom. The van der Waals surface area contributed by atoms with Crippen LogP contribution >= 0.6 is 15.9 Å². The van der Waals surface area contributed by atoms with Crippen molar-refractivity contribution in [2.45, 2.75) is 44.4 Å². The van der Waals surface area contributed by atoms with Crippen LogP contribution in [0.3, 0.4) is 0 Å². The highest BCUT2D eigenvalue weighted by Crippen LogP contribution is 2.47. The predicted octanol–water partition coefficient (Wildman–Crippen LogP) is 6.10. The minimum atomic E-state index is -4.55. The van der Waals surface area contributed by atoms with Gasteiger partial charge in [0, 0.05) is 36.2 Å². The van der Waals surface area contributed by atoms with Gasteiger partial charge in [-0.05, 0) is 40.9 Å². The molecule has 1 fully saturated rings. The average molecular weight is 558 g/mol. The average Bonchev–Trinajstić information content (AvgIpc) is 3.51. The Hall–Kier alpha value is -3.40. The van der Waals surface area contributed by atoms with Crippen molar-refractivity contribution in [2.75, 3.05) is 0 Å². The maximum absolute atomic E-state index is 13.3. The van der Waals surface area contributed by atoms with Gasteiger partial charge in [-0.2, -0.15) is 23.4 Å². The molecule has 186 valence electrons. The number of nitrogens with zero attached hydrogens (tertiary/aromatic N) is 4. The van der Waals surface area contributed by atoms with Crippen LogP contribution in [0.1, 0.15) is 42.1 Å². The summed E-state index contributed by atoms with van der Waals surface area (Å²) in [6.07, 6.45) is -1.02. The van der Waals surface area contributed by atoms with Gasteiger partial charge in [0.1, 0.15) is 0 Å². The lowest BCUT2D eigenvalue weighted by molar-refractivity contribution is -0.142. The number of rotatable bonds is 8. The highest BCUT2D eigenvalue weighted by Gasteiger charge is 2.41. The van der Waals surface area contributed by atoms with Gasteiger partial charge in [-0.15, -0.1) is 0 Å². The molecular formula is C26H23BrF3N5O. The molecule has 2 aromatic heterocycles. The summed E-state index contributed by atoms with van der Waals surface area (Å²) in [7, 11) is 0. The smallest absolute Gasteiger partial charge is 0.352 e. The molecule has 5 rings (SSSR count). The van der Waals surface area contributed by atoms with Crippen LogP contribution in [0.15, 0.2) is 71.3 Å². The fourth-order valence-electron chi connectivity index (χ4n) is 4.13. The van der Waals surface area contributed by atoms with Crippen LogP contribution in [0.25, 0.3) is 16.9 Å². The molecule has 6 nitrogen and oxygen atoms in total. The molecule has 4 aromatic rings. The van der Waals surface area contributed by atoms with Gasteiger partial charge >= 0.3 is 6.18 Å². The number of nitrogens with one attached hydrogen (secondary N) is 1. The molecule has 0 bridgehead atoms. The third-order valence-corrected chi connectivity index (χ3v) is 6.83. The number of aryl methyl sites for hydroxylation is 1. The van der Waals surface area contributed by atoms with E-state index in [1.54, 1.807) is 4.68 Å². The van der Waals surface area contributed by atoms with E-state index in [1.165, 1.54) is 4.68 Å². The van der Waals surface area contributed by atoms with Gasteiger partial charge < -0.3 is 5.32 Å². The number of amides is 1. The Bertz CT molecular complexity index is 1360. The zero-order valence-electron chi connectivity index (χ0n) is 19.2. The molecule has 0 aliphatic heterocycles. The summed E-state index contributed by atoms with van der Waals surface area (Å²) in [4.78, 5) is 12.7. The number of alkyl halides is 3. The molecule has 1 amide bonds. The fraction of sp³-hybridized carbons (Fsp3) is 0.269. The summed E-state index contributed by atoms with van der Waals surface area (Å²) in [5, 5.41) is 11.4. The lowest BCUT2D eigenvalue weighted by Gasteiger charge is -2.08. The molecule has 0 radical (unpaired) electrons. The summed E-state index contributed by atoms with van der Waals surface area (Å²) in [5.41, 5.74) is 2.98. The molecule has 0 atom stereocenters. The first-order valence-electron chi connectivity index (χ1n) is 11.6. The number of benzene rings is 2. The van der Waals surface area contributed by atoms with Crippen LogP contribution in [0.2, 0.25) is 0 Å². The molecule has 0 saturated heterocycles. The number of hydrogen-bond acceptors (Lipinski definition) is 3. The second-order valence-electron chi connectivity index (χ2n) is 8.72. The van der Waals surface area contributed by atoms with Gasteiger partial charge in [0.2, 0.25) is 5.91 Å². The fourth-order valence-corrected chi connectivity index (χ4v) is 4.96. The second kappa shape index (κ2) is 9.93. The van der Waals surface area contributed by atoms with Gasteiger partial charge in [-0.1, -0.05) is 48.5 Å². The monoisotopic (exact) mass is 557 g/mol. The highest BCUT2D eigenvalue weighted by molar-refractivity contribution is 9.10. The molecule has 0 spiro atoms. The summed E-state index contributed by atoms with van der Waals surface area (Å²) in [6, 6.07) is 19.3. The maximum Gasteiger partial charge on any atom is 0.436 e. The van der Waals surface area contributed by atoms with Gasteiger partial charge in [0.25, 0.3) is 0 Å². The third-order valence-electron chi connectivity index (χ3n) is 6.05. The Morgan fingerprint density at radius 2 is 1.69 bits per heavy atom. The Morgan fingerprint density at radius 1 is 1.03 bits per heavy atom. The van der Waals surface area contributed by atoms with Crippen molar-refractivity contribution in [3.05, 3.63) is 88.3 Å². The van der Waals surface area contributed by atoms with E-state index < -0.39 is 11.9 Å². The van der Waals surface area contributed by atoms with E-state index in [0.29, 0.717) is 5.69 Å². The van der Waals surface area contributed by atoms with E-state index in [2.05, 4.69) is 26.3 Å². The molecule has 1 saturated carbocycles. The van der Waals surface area contributed by atoms with Crippen LogP contribution in [0.4, 0.5) is 13.2 Å². The molecule has 1 aliphatic rings. The molecule has 10 heteroatoms. The zero-order valence-corrected chi connectivity index (χ0v) is 20.8. The van der Waals surface area contributed by atoms with E-state index >= 15 is 0 Å². The van der Waals surface area contributed by atoms with E-state index in [0.717, 1.165) is 35.3 Å². The van der Waals surface area contributed by atoms with Gasteiger partial charge in [0.05, 0.1) is 28.1 Å². The highest BCUT2D eigenvalue weighted by atomic mass is 79.9. The zero-order chi connectivity index (χ0) is 25.3. The van der Waals surface area contributed by atoms with Crippen molar-refractivity contribution in [2.24, 2.45) is 0 Å². The number of carbonyl (C=O) groups is 1. The van der Waals surface area contributed by atoms with Crippen LogP contribution in [0, 0.1) is 0 Å². The largest absolute Gasteiger partial charge is 0.436 e. The Balaban J connectivity index is 1.30. The first-order valence-corrected chi connectivity index (χ1v) is 12.4.